The minimum Gasteiger partial charge on any atom is -0.327 e. The maximum absolute atomic E-state index is 11.2. The number of hydrogen-bond acceptors (Lipinski definition) is 2. The van der Waals surface area contributed by atoms with Gasteiger partial charge < -0.3 is 4.90 Å². The minimum atomic E-state index is -0.106. The second-order valence-electron chi connectivity index (χ2n) is 3.94. The normalized spacial score (nSPS) is 29.8. The van der Waals surface area contributed by atoms with E-state index in [0.29, 0.717) is 0 Å². The first kappa shape index (κ1) is 7.77. The summed E-state index contributed by atoms with van der Waals surface area (Å²) >= 11 is 0. The summed E-state index contributed by atoms with van der Waals surface area (Å²) in [6, 6.07) is -0.106. The first-order chi connectivity index (χ1) is 5.57. The predicted molar refractivity (Wildman–Crippen MR) is 43.6 cm³/mol. The molecule has 1 spiro atoms. The van der Waals surface area contributed by atoms with Gasteiger partial charge in [-0.3, -0.25) is 9.59 Å². The molecular weight excluding hydrogens is 154 g/mol. The van der Waals surface area contributed by atoms with Crippen LogP contribution >= 0.6 is 0 Å². The highest BCUT2D eigenvalue weighted by molar-refractivity contribution is 5.90. The van der Waals surface area contributed by atoms with Gasteiger partial charge in [0.2, 0.25) is 5.91 Å². The monoisotopic (exact) mass is 167 g/mol. The van der Waals surface area contributed by atoms with Gasteiger partial charge in [0.15, 0.2) is 5.78 Å². The Morgan fingerprint density at radius 1 is 1.33 bits per heavy atom. The van der Waals surface area contributed by atoms with Crippen LogP contribution in [0.5, 0.6) is 0 Å². The van der Waals surface area contributed by atoms with Gasteiger partial charge in [0.05, 0.1) is 6.04 Å². The van der Waals surface area contributed by atoms with Crippen LogP contribution in [0.1, 0.15) is 33.1 Å². The zero-order valence-electron chi connectivity index (χ0n) is 7.46. The van der Waals surface area contributed by atoms with E-state index < -0.39 is 0 Å². The quantitative estimate of drug-likeness (QED) is 0.577. The Morgan fingerprint density at radius 2 is 1.92 bits per heavy atom. The van der Waals surface area contributed by atoms with Crippen molar-refractivity contribution in [2.45, 2.75) is 44.7 Å². The van der Waals surface area contributed by atoms with Gasteiger partial charge in [0, 0.05) is 12.5 Å². The Labute approximate surface area is 71.7 Å². The molecule has 0 aromatic heterocycles. The van der Waals surface area contributed by atoms with E-state index in [0.717, 1.165) is 19.3 Å². The third kappa shape index (κ3) is 0.822. The van der Waals surface area contributed by atoms with Crippen LogP contribution in [0.4, 0.5) is 0 Å². The Bertz CT molecular complexity index is 255. The van der Waals surface area contributed by atoms with E-state index in [9.17, 15) is 9.59 Å². The van der Waals surface area contributed by atoms with E-state index in [1.165, 1.54) is 0 Å². The van der Waals surface area contributed by atoms with Gasteiger partial charge in [0.25, 0.3) is 0 Å². The summed E-state index contributed by atoms with van der Waals surface area (Å²) in [6.45, 7) is 3.12. The lowest BCUT2D eigenvalue weighted by Crippen LogP contribution is -2.62. The number of nitrogens with zero attached hydrogens (tertiary/aromatic N) is 1. The summed E-state index contributed by atoms with van der Waals surface area (Å²) in [4.78, 5) is 24.0. The Hall–Kier alpha value is -0.860. The standard InChI is InChI=1S/C9H13NO2/c1-6(11)8-5-9(3-4-9)10(8)7(2)12/h8H,3-5H2,1-2H3/t8-/m0/s1. The third-order valence-corrected chi connectivity index (χ3v) is 3.03. The van der Waals surface area contributed by atoms with Crippen LogP contribution in [0, 0.1) is 0 Å². The molecule has 0 unspecified atom stereocenters. The number of rotatable bonds is 1. The van der Waals surface area contributed by atoms with Gasteiger partial charge in [-0.05, 0) is 26.2 Å². The highest BCUT2D eigenvalue weighted by Gasteiger charge is 2.61. The van der Waals surface area contributed by atoms with Crippen molar-refractivity contribution in [3.05, 3.63) is 0 Å². The summed E-state index contributed by atoms with van der Waals surface area (Å²) in [5.41, 5.74) is 0.127. The molecule has 1 atom stereocenters. The zero-order valence-corrected chi connectivity index (χ0v) is 7.46. The highest BCUT2D eigenvalue weighted by atomic mass is 16.2. The van der Waals surface area contributed by atoms with Crippen LogP contribution in [0.25, 0.3) is 0 Å². The van der Waals surface area contributed by atoms with Gasteiger partial charge in [-0.15, -0.1) is 0 Å². The first-order valence-electron chi connectivity index (χ1n) is 4.37. The summed E-state index contributed by atoms with van der Waals surface area (Å²) in [6.07, 6.45) is 3.09. The number of amides is 1. The van der Waals surface area contributed by atoms with Crippen molar-refractivity contribution in [1.82, 2.24) is 4.90 Å². The van der Waals surface area contributed by atoms with Crippen molar-refractivity contribution in [3.8, 4) is 0 Å². The number of Topliss-reactive ketones (excluding diaryl/α,β-unsaturated/α-hetero) is 1. The van der Waals surface area contributed by atoms with Crippen molar-refractivity contribution in [3.63, 3.8) is 0 Å². The third-order valence-electron chi connectivity index (χ3n) is 3.03. The highest BCUT2D eigenvalue weighted by Crippen LogP contribution is 2.54. The van der Waals surface area contributed by atoms with E-state index >= 15 is 0 Å². The zero-order chi connectivity index (χ0) is 8.93. The van der Waals surface area contributed by atoms with Gasteiger partial charge in [-0.25, -0.2) is 0 Å². The van der Waals surface area contributed by atoms with Gasteiger partial charge in [-0.1, -0.05) is 0 Å². The fourth-order valence-electron chi connectivity index (χ4n) is 2.24. The van der Waals surface area contributed by atoms with E-state index in [-0.39, 0.29) is 23.3 Å². The molecule has 1 saturated heterocycles. The van der Waals surface area contributed by atoms with Crippen molar-refractivity contribution in [1.29, 1.82) is 0 Å². The summed E-state index contributed by atoms with van der Waals surface area (Å²) in [5.74, 6) is 0.182. The molecule has 1 aliphatic carbocycles. The molecule has 3 heteroatoms. The first-order valence-corrected chi connectivity index (χ1v) is 4.37. The molecule has 2 fully saturated rings. The van der Waals surface area contributed by atoms with E-state index in [1.54, 1.807) is 18.7 Å². The molecule has 2 aliphatic rings. The van der Waals surface area contributed by atoms with Crippen molar-refractivity contribution >= 4 is 11.7 Å². The van der Waals surface area contributed by atoms with Crippen LogP contribution in [0.2, 0.25) is 0 Å². The topological polar surface area (TPSA) is 37.4 Å². The Kier molecular flexibility index (Phi) is 1.35. The molecule has 66 valence electrons. The lowest BCUT2D eigenvalue weighted by Gasteiger charge is -2.48. The van der Waals surface area contributed by atoms with Gasteiger partial charge >= 0.3 is 0 Å². The van der Waals surface area contributed by atoms with Crippen molar-refractivity contribution in [2.24, 2.45) is 0 Å². The number of ketones is 1. The van der Waals surface area contributed by atoms with Crippen molar-refractivity contribution in [2.75, 3.05) is 0 Å². The molecule has 0 aromatic rings. The Balaban J connectivity index is 2.13. The predicted octanol–water partition coefficient (Wildman–Crippen LogP) is 0.729. The molecule has 0 N–H and O–H groups in total. The molecule has 1 amide bonds. The summed E-state index contributed by atoms with van der Waals surface area (Å²) < 4.78 is 0. The molecule has 1 aliphatic heterocycles. The SMILES string of the molecule is CC(=O)[C@@H]1CC2(CC2)N1C(C)=O. The van der Waals surface area contributed by atoms with E-state index in [1.807, 2.05) is 0 Å². The summed E-state index contributed by atoms with van der Waals surface area (Å²) in [7, 11) is 0. The molecule has 0 radical (unpaired) electrons. The van der Waals surface area contributed by atoms with Crippen LogP contribution in [-0.2, 0) is 9.59 Å². The average molecular weight is 167 g/mol. The van der Waals surface area contributed by atoms with Gasteiger partial charge in [-0.2, -0.15) is 0 Å². The van der Waals surface area contributed by atoms with Crippen molar-refractivity contribution < 1.29 is 9.59 Å². The fourth-order valence-corrected chi connectivity index (χ4v) is 2.24. The van der Waals surface area contributed by atoms with Crippen LogP contribution < -0.4 is 0 Å². The molecule has 2 rings (SSSR count). The molecule has 0 aromatic carbocycles. The maximum Gasteiger partial charge on any atom is 0.220 e. The lowest BCUT2D eigenvalue weighted by molar-refractivity contribution is -0.152. The number of hydrogen-bond donors (Lipinski definition) is 0. The van der Waals surface area contributed by atoms with Crippen LogP contribution in [0.3, 0.4) is 0 Å². The van der Waals surface area contributed by atoms with E-state index in [4.69, 9.17) is 0 Å². The minimum absolute atomic E-state index is 0.0546. The number of likely N-dealkylation sites (tertiary alicyclic amines) is 1. The molecule has 12 heavy (non-hydrogen) atoms. The van der Waals surface area contributed by atoms with Crippen LogP contribution in [-0.4, -0.2) is 28.2 Å². The number of carbonyl (C=O) groups excluding carboxylic acids is 2. The molecule has 3 nitrogen and oxygen atoms in total. The smallest absolute Gasteiger partial charge is 0.220 e. The largest absolute Gasteiger partial charge is 0.327 e. The molecule has 0 bridgehead atoms. The van der Waals surface area contributed by atoms with E-state index in [2.05, 4.69) is 0 Å². The maximum atomic E-state index is 11.2. The van der Waals surface area contributed by atoms with Crippen LogP contribution in [0.15, 0.2) is 0 Å². The molecule has 1 heterocycles. The fraction of sp³-hybridized carbons (Fsp3) is 0.778. The second-order valence-corrected chi connectivity index (χ2v) is 3.94. The van der Waals surface area contributed by atoms with Gasteiger partial charge in [0.1, 0.15) is 0 Å². The number of carbonyl (C=O) groups is 2. The summed E-state index contributed by atoms with van der Waals surface area (Å²) in [5, 5.41) is 0. The molecule has 1 saturated carbocycles. The second kappa shape index (κ2) is 2.09. The average Bonchev–Trinajstić information content (AvgIpc) is 2.59. The molecular formula is C9H13NO2. The Morgan fingerprint density at radius 3 is 2.25 bits per heavy atom. The lowest BCUT2D eigenvalue weighted by atomic mass is 9.87.